The number of hydrogen-bond donors (Lipinski definition) is 3. The van der Waals surface area contributed by atoms with Gasteiger partial charge in [0, 0.05) is 12.0 Å². The van der Waals surface area contributed by atoms with E-state index in [0.29, 0.717) is 28.9 Å². The van der Waals surface area contributed by atoms with Gasteiger partial charge in [-0.2, -0.15) is 0 Å². The fourth-order valence-electron chi connectivity index (χ4n) is 3.30. The van der Waals surface area contributed by atoms with E-state index in [4.69, 9.17) is 9.84 Å². The molecular weight excluding hydrogens is 396 g/mol. The number of carbonyl (C=O) groups is 2. The first-order chi connectivity index (χ1) is 14.8. The lowest BCUT2D eigenvalue weighted by atomic mass is 9.98. The van der Waals surface area contributed by atoms with Gasteiger partial charge < -0.3 is 20.1 Å². The van der Waals surface area contributed by atoms with E-state index in [1.807, 2.05) is 6.07 Å². The van der Waals surface area contributed by atoms with Crippen LogP contribution in [0.15, 0.2) is 60.7 Å². The van der Waals surface area contributed by atoms with Crippen molar-refractivity contribution < 1.29 is 29.6 Å². The van der Waals surface area contributed by atoms with Crippen LogP contribution in [0.5, 0.6) is 11.5 Å². The second-order valence-electron chi connectivity index (χ2n) is 7.23. The number of hydrogen-bond acceptors (Lipinski definition) is 5. The first-order valence-corrected chi connectivity index (χ1v) is 9.90. The minimum Gasteiger partial charge on any atom is -0.507 e. The number of ketones is 1. The summed E-state index contributed by atoms with van der Waals surface area (Å²) in [6.07, 6.45) is -0.679. The van der Waals surface area contributed by atoms with Crippen molar-refractivity contribution >= 4 is 11.8 Å². The molecule has 0 amide bonds. The van der Waals surface area contributed by atoms with Crippen LogP contribution < -0.4 is 4.74 Å². The van der Waals surface area contributed by atoms with Gasteiger partial charge in [0.05, 0.1) is 11.1 Å². The van der Waals surface area contributed by atoms with Crippen molar-refractivity contribution in [2.24, 2.45) is 0 Å². The van der Waals surface area contributed by atoms with Crippen molar-refractivity contribution in [2.45, 2.75) is 33.0 Å². The number of benzene rings is 3. The highest BCUT2D eigenvalue weighted by Gasteiger charge is 2.16. The van der Waals surface area contributed by atoms with Crippen LogP contribution in [0, 0.1) is 6.92 Å². The summed E-state index contributed by atoms with van der Waals surface area (Å²) in [6.45, 7) is 3.62. The molecule has 3 aromatic carbocycles. The molecule has 1 atom stereocenters. The summed E-state index contributed by atoms with van der Waals surface area (Å²) in [4.78, 5) is 23.1. The number of rotatable bonds is 8. The Morgan fingerprint density at radius 2 is 1.68 bits per heavy atom. The lowest BCUT2D eigenvalue weighted by molar-refractivity contribution is 0.0696. The van der Waals surface area contributed by atoms with E-state index in [1.165, 1.54) is 12.1 Å². The van der Waals surface area contributed by atoms with Gasteiger partial charge in [0.25, 0.3) is 0 Å². The Labute approximate surface area is 180 Å². The van der Waals surface area contributed by atoms with Crippen molar-refractivity contribution in [2.75, 3.05) is 0 Å². The van der Waals surface area contributed by atoms with E-state index in [1.54, 1.807) is 56.3 Å². The van der Waals surface area contributed by atoms with E-state index < -0.39 is 12.1 Å². The summed E-state index contributed by atoms with van der Waals surface area (Å²) in [6, 6.07) is 16.6. The molecular formula is C25H24O6. The maximum Gasteiger partial charge on any atom is 0.335 e. The average molecular weight is 420 g/mol. The molecule has 6 heteroatoms. The molecule has 1 unspecified atom stereocenters. The molecule has 160 valence electrons. The number of aromatic carboxylic acids is 1. The van der Waals surface area contributed by atoms with Crippen LogP contribution in [0.3, 0.4) is 0 Å². The molecule has 0 heterocycles. The number of aliphatic hydroxyl groups excluding tert-OH is 1. The Hall–Kier alpha value is -3.64. The van der Waals surface area contributed by atoms with Crippen LogP contribution in [0.25, 0.3) is 0 Å². The van der Waals surface area contributed by atoms with Crippen LogP contribution in [0.2, 0.25) is 0 Å². The van der Waals surface area contributed by atoms with Crippen molar-refractivity contribution in [1.29, 1.82) is 0 Å². The van der Waals surface area contributed by atoms with Gasteiger partial charge in [0.2, 0.25) is 0 Å². The lowest BCUT2D eigenvalue weighted by Crippen LogP contribution is -2.05. The fourth-order valence-corrected chi connectivity index (χ4v) is 3.30. The minimum absolute atomic E-state index is 0.0770. The van der Waals surface area contributed by atoms with Crippen LogP contribution in [0.1, 0.15) is 62.4 Å². The SMILES string of the molecule is CCC(=O)c1ccc(OCc2cccc(C(O)c3cccc(C(=O)O)c3)c2)c(C)c1O. The van der Waals surface area contributed by atoms with Gasteiger partial charge in [-0.15, -0.1) is 0 Å². The summed E-state index contributed by atoms with van der Waals surface area (Å²) in [5, 5.41) is 30.2. The molecule has 0 aromatic heterocycles. The predicted molar refractivity (Wildman–Crippen MR) is 116 cm³/mol. The molecule has 31 heavy (non-hydrogen) atoms. The van der Waals surface area contributed by atoms with Crippen LogP contribution in [-0.4, -0.2) is 27.1 Å². The molecule has 3 N–H and O–H groups in total. The fraction of sp³-hybridized carbons (Fsp3) is 0.200. The molecule has 0 bridgehead atoms. The van der Waals surface area contributed by atoms with Crippen LogP contribution in [0.4, 0.5) is 0 Å². The first kappa shape index (κ1) is 22.1. The zero-order valence-electron chi connectivity index (χ0n) is 17.3. The van der Waals surface area contributed by atoms with E-state index in [0.717, 1.165) is 5.56 Å². The monoisotopic (exact) mass is 420 g/mol. The molecule has 0 aliphatic heterocycles. The number of ether oxygens (including phenoxy) is 1. The van der Waals surface area contributed by atoms with Gasteiger partial charge >= 0.3 is 5.97 Å². The normalized spacial score (nSPS) is 11.7. The maximum absolute atomic E-state index is 11.9. The zero-order valence-corrected chi connectivity index (χ0v) is 17.3. The van der Waals surface area contributed by atoms with E-state index in [-0.39, 0.29) is 29.3 Å². The number of phenols is 1. The number of Topliss-reactive ketones (excluding diaryl/α,β-unsaturated/α-hetero) is 1. The van der Waals surface area contributed by atoms with Gasteiger partial charge in [0.15, 0.2) is 5.78 Å². The van der Waals surface area contributed by atoms with E-state index in [2.05, 4.69) is 0 Å². The highest BCUT2D eigenvalue weighted by atomic mass is 16.5. The third-order valence-corrected chi connectivity index (χ3v) is 5.11. The molecule has 0 aliphatic rings. The molecule has 0 fully saturated rings. The van der Waals surface area contributed by atoms with Crippen molar-refractivity contribution in [3.63, 3.8) is 0 Å². The van der Waals surface area contributed by atoms with Gasteiger partial charge in [0.1, 0.15) is 24.2 Å². The van der Waals surface area contributed by atoms with Gasteiger partial charge in [-0.3, -0.25) is 4.79 Å². The number of carbonyl (C=O) groups excluding carboxylic acids is 1. The van der Waals surface area contributed by atoms with Gasteiger partial charge in [-0.25, -0.2) is 4.79 Å². The Morgan fingerprint density at radius 1 is 1.00 bits per heavy atom. The third-order valence-electron chi connectivity index (χ3n) is 5.11. The third kappa shape index (κ3) is 4.92. The average Bonchev–Trinajstić information content (AvgIpc) is 2.79. The Balaban J connectivity index is 1.77. The number of aromatic hydroxyl groups is 1. The minimum atomic E-state index is -1.05. The van der Waals surface area contributed by atoms with Gasteiger partial charge in [-0.1, -0.05) is 37.3 Å². The van der Waals surface area contributed by atoms with Crippen molar-refractivity contribution in [3.05, 3.63) is 94.0 Å². The number of carboxylic acid groups (broad SMARTS) is 1. The molecule has 6 nitrogen and oxygen atoms in total. The smallest absolute Gasteiger partial charge is 0.335 e. The lowest BCUT2D eigenvalue weighted by Gasteiger charge is -2.15. The Bertz CT molecular complexity index is 1120. The summed E-state index contributed by atoms with van der Waals surface area (Å²) in [5.41, 5.74) is 2.75. The van der Waals surface area contributed by atoms with Gasteiger partial charge in [-0.05, 0) is 53.9 Å². The molecule has 0 spiro atoms. The molecule has 0 radical (unpaired) electrons. The predicted octanol–water partition coefficient (Wildman–Crippen LogP) is 4.65. The molecule has 0 saturated heterocycles. The zero-order chi connectivity index (χ0) is 22.5. The quantitative estimate of drug-likeness (QED) is 0.458. The number of carboxylic acids is 1. The second kappa shape index (κ2) is 9.45. The number of phenolic OH excluding ortho intramolecular Hbond substituents is 1. The van der Waals surface area contributed by atoms with Crippen LogP contribution in [-0.2, 0) is 6.61 Å². The number of aliphatic hydroxyl groups is 1. The second-order valence-corrected chi connectivity index (χ2v) is 7.23. The Morgan fingerprint density at radius 3 is 2.35 bits per heavy atom. The highest BCUT2D eigenvalue weighted by molar-refractivity contribution is 5.99. The van der Waals surface area contributed by atoms with E-state index in [9.17, 15) is 19.8 Å². The largest absolute Gasteiger partial charge is 0.507 e. The topological polar surface area (TPSA) is 104 Å². The Kier molecular flexibility index (Phi) is 6.72. The first-order valence-electron chi connectivity index (χ1n) is 9.90. The summed E-state index contributed by atoms with van der Waals surface area (Å²) in [5.74, 6) is -0.806. The summed E-state index contributed by atoms with van der Waals surface area (Å²) in [7, 11) is 0. The maximum atomic E-state index is 11.9. The molecule has 0 saturated carbocycles. The molecule has 0 aliphatic carbocycles. The summed E-state index contributed by atoms with van der Waals surface area (Å²) >= 11 is 0. The van der Waals surface area contributed by atoms with E-state index >= 15 is 0 Å². The highest BCUT2D eigenvalue weighted by Crippen LogP contribution is 2.32. The standard InChI is InChI=1S/C25H24O6/c1-3-21(26)20-10-11-22(15(2)23(20)27)31-14-16-6-4-7-17(12-16)24(28)18-8-5-9-19(13-18)25(29)30/h4-13,24,27-28H,3,14H2,1-2H3,(H,29,30). The van der Waals surface area contributed by atoms with Crippen molar-refractivity contribution in [1.82, 2.24) is 0 Å². The molecule has 3 rings (SSSR count). The summed E-state index contributed by atoms with van der Waals surface area (Å²) < 4.78 is 5.83. The van der Waals surface area contributed by atoms with Crippen molar-refractivity contribution in [3.8, 4) is 11.5 Å². The molecule has 3 aromatic rings. The van der Waals surface area contributed by atoms with Crippen LogP contribution >= 0.6 is 0 Å².